The number of nitrogens with one attached hydrogen (secondary N) is 1. The molecule has 0 atom stereocenters. The SMILES string of the molecule is CCc1ccc(C(=O)Nc2nnc(C(CC)CC)s2)cc1. The zero-order chi connectivity index (χ0) is 15.2. The second kappa shape index (κ2) is 7.31. The summed E-state index contributed by atoms with van der Waals surface area (Å²) in [4.78, 5) is 12.2. The molecule has 4 nitrogen and oxygen atoms in total. The molecule has 0 saturated heterocycles. The Morgan fingerprint density at radius 2 is 1.81 bits per heavy atom. The highest BCUT2D eigenvalue weighted by Crippen LogP contribution is 2.28. The number of benzene rings is 1. The van der Waals surface area contributed by atoms with Gasteiger partial charge in [0.1, 0.15) is 5.01 Å². The number of aromatic nitrogens is 2. The Balaban J connectivity index is 2.05. The molecule has 21 heavy (non-hydrogen) atoms. The standard InChI is InChI=1S/C16H21N3OS/c1-4-11-7-9-13(10-8-11)14(20)17-16-19-18-15(21-16)12(5-2)6-3/h7-10,12H,4-6H2,1-3H3,(H,17,19,20). The van der Waals surface area contributed by atoms with Gasteiger partial charge in [0, 0.05) is 11.5 Å². The summed E-state index contributed by atoms with van der Waals surface area (Å²) in [6, 6.07) is 7.64. The minimum absolute atomic E-state index is 0.134. The molecule has 2 aromatic rings. The van der Waals surface area contributed by atoms with Crippen LogP contribution in [0.15, 0.2) is 24.3 Å². The second-order valence-electron chi connectivity index (χ2n) is 4.96. The number of anilines is 1. The number of aryl methyl sites for hydroxylation is 1. The van der Waals surface area contributed by atoms with Gasteiger partial charge in [0.15, 0.2) is 0 Å². The van der Waals surface area contributed by atoms with E-state index in [-0.39, 0.29) is 5.91 Å². The van der Waals surface area contributed by atoms with Crippen molar-refractivity contribution in [1.29, 1.82) is 0 Å². The molecule has 0 aliphatic carbocycles. The van der Waals surface area contributed by atoms with Crippen LogP contribution in [0, 0.1) is 0 Å². The lowest BCUT2D eigenvalue weighted by Crippen LogP contribution is -2.11. The van der Waals surface area contributed by atoms with Crippen LogP contribution in [0.3, 0.4) is 0 Å². The fraction of sp³-hybridized carbons (Fsp3) is 0.438. The van der Waals surface area contributed by atoms with Crippen molar-refractivity contribution in [2.45, 2.75) is 46.0 Å². The average Bonchev–Trinajstić information content (AvgIpc) is 2.97. The molecule has 0 spiro atoms. The Bertz CT molecular complexity index is 588. The van der Waals surface area contributed by atoms with E-state index in [1.165, 1.54) is 16.9 Å². The van der Waals surface area contributed by atoms with Gasteiger partial charge in [-0.25, -0.2) is 0 Å². The van der Waals surface area contributed by atoms with E-state index < -0.39 is 0 Å². The van der Waals surface area contributed by atoms with Gasteiger partial charge in [0.2, 0.25) is 5.13 Å². The van der Waals surface area contributed by atoms with Crippen LogP contribution in [0.2, 0.25) is 0 Å². The first-order valence-electron chi connectivity index (χ1n) is 7.41. The van der Waals surface area contributed by atoms with E-state index in [9.17, 15) is 4.79 Å². The topological polar surface area (TPSA) is 54.9 Å². The molecular weight excluding hydrogens is 282 g/mol. The van der Waals surface area contributed by atoms with Crippen molar-refractivity contribution in [2.75, 3.05) is 5.32 Å². The zero-order valence-corrected chi connectivity index (χ0v) is 13.5. The molecule has 112 valence electrons. The Kier molecular flexibility index (Phi) is 5.44. The maximum atomic E-state index is 12.2. The number of carbonyl (C=O) groups is 1. The van der Waals surface area contributed by atoms with E-state index in [1.54, 1.807) is 0 Å². The smallest absolute Gasteiger partial charge is 0.257 e. The van der Waals surface area contributed by atoms with E-state index in [0.717, 1.165) is 24.3 Å². The summed E-state index contributed by atoms with van der Waals surface area (Å²) in [5.41, 5.74) is 1.87. The minimum Gasteiger partial charge on any atom is -0.296 e. The normalized spacial score (nSPS) is 10.9. The van der Waals surface area contributed by atoms with Crippen LogP contribution < -0.4 is 5.32 Å². The van der Waals surface area contributed by atoms with E-state index in [2.05, 4.69) is 36.3 Å². The zero-order valence-electron chi connectivity index (χ0n) is 12.7. The Morgan fingerprint density at radius 3 is 2.38 bits per heavy atom. The maximum absolute atomic E-state index is 12.2. The molecule has 1 amide bonds. The number of rotatable bonds is 6. The quantitative estimate of drug-likeness (QED) is 0.867. The Morgan fingerprint density at radius 1 is 1.14 bits per heavy atom. The molecule has 0 bridgehead atoms. The lowest BCUT2D eigenvalue weighted by atomic mass is 10.1. The second-order valence-corrected chi connectivity index (χ2v) is 5.97. The first-order valence-corrected chi connectivity index (χ1v) is 8.23. The van der Waals surface area contributed by atoms with Gasteiger partial charge in [0.25, 0.3) is 5.91 Å². The van der Waals surface area contributed by atoms with Crippen LogP contribution in [-0.2, 0) is 6.42 Å². The monoisotopic (exact) mass is 303 g/mol. The van der Waals surface area contributed by atoms with Gasteiger partial charge in [-0.15, -0.1) is 10.2 Å². The largest absolute Gasteiger partial charge is 0.296 e. The van der Waals surface area contributed by atoms with Gasteiger partial charge >= 0.3 is 0 Å². The summed E-state index contributed by atoms with van der Waals surface area (Å²) in [6.07, 6.45) is 3.05. The van der Waals surface area contributed by atoms with Crippen molar-refractivity contribution >= 4 is 22.4 Å². The minimum atomic E-state index is -0.134. The molecule has 0 aliphatic heterocycles. The van der Waals surface area contributed by atoms with Gasteiger partial charge in [-0.05, 0) is 37.0 Å². The summed E-state index contributed by atoms with van der Waals surface area (Å²) in [6.45, 7) is 6.38. The third-order valence-corrected chi connectivity index (χ3v) is 4.62. The number of hydrogen-bond acceptors (Lipinski definition) is 4. The van der Waals surface area contributed by atoms with Gasteiger partial charge in [-0.2, -0.15) is 0 Å². The number of amides is 1. The third kappa shape index (κ3) is 3.88. The highest BCUT2D eigenvalue weighted by atomic mass is 32.1. The van der Waals surface area contributed by atoms with E-state index in [0.29, 0.717) is 16.6 Å². The number of carbonyl (C=O) groups excluding carboxylic acids is 1. The van der Waals surface area contributed by atoms with Crippen LogP contribution in [0.5, 0.6) is 0 Å². The van der Waals surface area contributed by atoms with E-state index >= 15 is 0 Å². The molecule has 0 unspecified atom stereocenters. The van der Waals surface area contributed by atoms with Crippen LogP contribution in [0.25, 0.3) is 0 Å². The Labute approximate surface area is 129 Å². The van der Waals surface area contributed by atoms with Gasteiger partial charge in [-0.1, -0.05) is 44.2 Å². The third-order valence-electron chi connectivity index (χ3n) is 3.62. The molecular formula is C16H21N3OS. The molecule has 1 aromatic carbocycles. The molecule has 1 N–H and O–H groups in total. The van der Waals surface area contributed by atoms with Crippen LogP contribution in [-0.4, -0.2) is 16.1 Å². The van der Waals surface area contributed by atoms with Crippen LogP contribution in [0.1, 0.15) is 60.5 Å². The van der Waals surface area contributed by atoms with Gasteiger partial charge in [0.05, 0.1) is 0 Å². The number of hydrogen-bond donors (Lipinski definition) is 1. The molecule has 1 aromatic heterocycles. The molecule has 0 fully saturated rings. The van der Waals surface area contributed by atoms with Crippen molar-refractivity contribution < 1.29 is 4.79 Å². The molecule has 5 heteroatoms. The molecule has 0 saturated carbocycles. The summed E-state index contributed by atoms with van der Waals surface area (Å²) in [5, 5.41) is 12.6. The predicted molar refractivity (Wildman–Crippen MR) is 87.0 cm³/mol. The lowest BCUT2D eigenvalue weighted by Gasteiger charge is -2.06. The summed E-state index contributed by atoms with van der Waals surface area (Å²) >= 11 is 1.47. The summed E-state index contributed by atoms with van der Waals surface area (Å²) < 4.78 is 0. The van der Waals surface area contributed by atoms with Crippen molar-refractivity contribution in [3.63, 3.8) is 0 Å². The van der Waals surface area contributed by atoms with Gasteiger partial charge in [-0.3, -0.25) is 10.1 Å². The molecule has 0 aliphatic rings. The van der Waals surface area contributed by atoms with E-state index in [4.69, 9.17) is 0 Å². The van der Waals surface area contributed by atoms with Crippen molar-refractivity contribution in [1.82, 2.24) is 10.2 Å². The number of nitrogens with zero attached hydrogens (tertiary/aromatic N) is 2. The maximum Gasteiger partial charge on any atom is 0.257 e. The fourth-order valence-corrected chi connectivity index (χ4v) is 3.15. The highest BCUT2D eigenvalue weighted by molar-refractivity contribution is 7.15. The highest BCUT2D eigenvalue weighted by Gasteiger charge is 2.15. The molecule has 2 rings (SSSR count). The molecule has 1 heterocycles. The van der Waals surface area contributed by atoms with Crippen LogP contribution >= 0.6 is 11.3 Å². The summed E-state index contributed by atoms with van der Waals surface area (Å²) in [7, 11) is 0. The van der Waals surface area contributed by atoms with Gasteiger partial charge < -0.3 is 0 Å². The molecule has 0 radical (unpaired) electrons. The lowest BCUT2D eigenvalue weighted by molar-refractivity contribution is 0.102. The van der Waals surface area contributed by atoms with Crippen molar-refractivity contribution in [2.24, 2.45) is 0 Å². The summed E-state index contributed by atoms with van der Waals surface area (Å²) in [5.74, 6) is 0.293. The first kappa shape index (κ1) is 15.6. The predicted octanol–water partition coefficient (Wildman–Crippen LogP) is 4.26. The Hall–Kier alpha value is -1.75. The fourth-order valence-electron chi connectivity index (χ4n) is 2.15. The van der Waals surface area contributed by atoms with Crippen molar-refractivity contribution in [3.05, 3.63) is 40.4 Å². The first-order chi connectivity index (χ1) is 10.2. The van der Waals surface area contributed by atoms with Crippen molar-refractivity contribution in [3.8, 4) is 0 Å². The van der Waals surface area contributed by atoms with E-state index in [1.807, 2.05) is 24.3 Å². The average molecular weight is 303 g/mol. The van der Waals surface area contributed by atoms with Crippen LogP contribution in [0.4, 0.5) is 5.13 Å².